The molecule has 0 heterocycles. The molecule has 0 saturated heterocycles. The van der Waals surface area contributed by atoms with Crippen LogP contribution in [0.3, 0.4) is 0 Å². The molecule has 1 amide bonds. The summed E-state index contributed by atoms with van der Waals surface area (Å²) < 4.78 is 0. The van der Waals surface area contributed by atoms with Gasteiger partial charge in [0.25, 0.3) is 0 Å². The van der Waals surface area contributed by atoms with Crippen molar-refractivity contribution in [3.63, 3.8) is 0 Å². The molecule has 2 N–H and O–H groups in total. The van der Waals surface area contributed by atoms with Crippen LogP contribution in [0.4, 0.5) is 0 Å². The molecule has 0 aliphatic heterocycles. The molecule has 19 heavy (non-hydrogen) atoms. The van der Waals surface area contributed by atoms with Crippen LogP contribution in [0.2, 0.25) is 0 Å². The fraction of sp³-hybridized carbons (Fsp3) is 0.438. The average Bonchev–Trinajstić information content (AvgIpc) is 2.44. The van der Waals surface area contributed by atoms with Gasteiger partial charge in [-0.15, -0.1) is 0 Å². The predicted octanol–water partition coefficient (Wildman–Crippen LogP) is 2.68. The average molecular weight is 261 g/mol. The van der Waals surface area contributed by atoms with Crippen molar-refractivity contribution in [2.75, 3.05) is 6.61 Å². The van der Waals surface area contributed by atoms with E-state index < -0.39 is 5.54 Å². The zero-order valence-electron chi connectivity index (χ0n) is 11.9. The monoisotopic (exact) mass is 261 g/mol. The molecule has 0 aromatic heterocycles. The van der Waals surface area contributed by atoms with Crippen LogP contribution >= 0.6 is 0 Å². The van der Waals surface area contributed by atoms with E-state index in [4.69, 9.17) is 0 Å². The quantitative estimate of drug-likeness (QED) is 0.773. The minimum atomic E-state index is -0.507. The number of carbonyl (C=O) groups is 1. The van der Waals surface area contributed by atoms with E-state index in [1.54, 1.807) is 6.08 Å². The topological polar surface area (TPSA) is 49.3 Å². The Labute approximate surface area is 115 Å². The van der Waals surface area contributed by atoms with Gasteiger partial charge in [-0.2, -0.15) is 0 Å². The molecular formula is C16H23NO2. The van der Waals surface area contributed by atoms with E-state index in [1.165, 1.54) is 6.08 Å². The molecule has 3 heteroatoms. The molecular weight excluding hydrogens is 238 g/mol. The first-order valence-electron chi connectivity index (χ1n) is 6.73. The number of aliphatic hydroxyl groups excluding tert-OH is 1. The summed E-state index contributed by atoms with van der Waals surface area (Å²) in [6.45, 7) is 5.90. The van der Waals surface area contributed by atoms with Gasteiger partial charge in [0.15, 0.2) is 0 Å². The predicted molar refractivity (Wildman–Crippen MR) is 78.8 cm³/mol. The largest absolute Gasteiger partial charge is 0.394 e. The zero-order valence-corrected chi connectivity index (χ0v) is 11.9. The summed E-state index contributed by atoms with van der Waals surface area (Å²) in [7, 11) is 0. The molecule has 104 valence electrons. The smallest absolute Gasteiger partial charge is 0.244 e. The molecule has 0 atom stereocenters. The van der Waals surface area contributed by atoms with Gasteiger partial charge < -0.3 is 10.4 Å². The van der Waals surface area contributed by atoms with Crippen LogP contribution in [-0.4, -0.2) is 23.2 Å². The summed E-state index contributed by atoms with van der Waals surface area (Å²) in [5.41, 5.74) is 1.65. The van der Waals surface area contributed by atoms with Gasteiger partial charge >= 0.3 is 0 Å². The van der Waals surface area contributed by atoms with E-state index in [9.17, 15) is 9.90 Å². The van der Waals surface area contributed by atoms with E-state index in [0.717, 1.165) is 11.1 Å². The molecule has 1 aromatic carbocycles. The highest BCUT2D eigenvalue weighted by molar-refractivity contribution is 5.92. The summed E-state index contributed by atoms with van der Waals surface area (Å²) in [4.78, 5) is 11.9. The van der Waals surface area contributed by atoms with Crippen molar-refractivity contribution < 1.29 is 9.90 Å². The number of rotatable bonds is 6. The van der Waals surface area contributed by atoms with Crippen molar-refractivity contribution in [1.82, 2.24) is 5.32 Å². The number of benzene rings is 1. The highest BCUT2D eigenvalue weighted by Gasteiger charge is 2.26. The molecule has 0 aliphatic carbocycles. The van der Waals surface area contributed by atoms with Gasteiger partial charge in [0, 0.05) is 6.08 Å². The third kappa shape index (κ3) is 4.21. The molecule has 0 aliphatic rings. The number of aliphatic hydroxyl groups is 1. The van der Waals surface area contributed by atoms with Crippen LogP contribution in [-0.2, 0) is 4.79 Å². The SMILES string of the molecule is CCC(CC)(CO)NC(=O)C=Cc1ccccc1C. The van der Waals surface area contributed by atoms with Crippen LogP contribution in [0.1, 0.15) is 37.8 Å². The third-order valence-corrected chi connectivity index (χ3v) is 3.65. The van der Waals surface area contributed by atoms with Crippen molar-refractivity contribution in [3.8, 4) is 0 Å². The van der Waals surface area contributed by atoms with Gasteiger partial charge in [-0.1, -0.05) is 38.1 Å². The first-order chi connectivity index (χ1) is 9.06. The Morgan fingerprint density at radius 1 is 1.32 bits per heavy atom. The summed E-state index contributed by atoms with van der Waals surface area (Å²) in [6.07, 6.45) is 4.75. The minimum absolute atomic E-state index is 0.0378. The Balaban J connectivity index is 2.73. The van der Waals surface area contributed by atoms with E-state index in [0.29, 0.717) is 12.8 Å². The number of aryl methyl sites for hydroxylation is 1. The first kappa shape index (κ1) is 15.4. The molecule has 0 unspecified atom stereocenters. The zero-order chi connectivity index (χ0) is 14.3. The second-order valence-electron chi connectivity index (χ2n) is 4.82. The fourth-order valence-electron chi connectivity index (χ4n) is 1.93. The summed E-state index contributed by atoms with van der Waals surface area (Å²) in [5, 5.41) is 12.3. The van der Waals surface area contributed by atoms with E-state index in [2.05, 4.69) is 5.32 Å². The Morgan fingerprint density at radius 3 is 2.47 bits per heavy atom. The molecule has 0 fully saturated rings. The number of carbonyl (C=O) groups excluding carboxylic acids is 1. The van der Waals surface area contributed by atoms with Crippen LogP contribution in [0, 0.1) is 6.92 Å². The Morgan fingerprint density at radius 2 is 1.95 bits per heavy atom. The maximum absolute atomic E-state index is 11.9. The van der Waals surface area contributed by atoms with Gasteiger partial charge in [-0.25, -0.2) is 0 Å². The highest BCUT2D eigenvalue weighted by atomic mass is 16.3. The second-order valence-corrected chi connectivity index (χ2v) is 4.82. The van der Waals surface area contributed by atoms with Gasteiger partial charge in [0.2, 0.25) is 5.91 Å². The Hall–Kier alpha value is -1.61. The molecule has 0 saturated carbocycles. The van der Waals surface area contributed by atoms with Crippen molar-refractivity contribution in [2.45, 2.75) is 39.2 Å². The minimum Gasteiger partial charge on any atom is -0.394 e. The number of amides is 1. The number of nitrogens with one attached hydrogen (secondary N) is 1. The van der Waals surface area contributed by atoms with Crippen LogP contribution in [0.5, 0.6) is 0 Å². The fourth-order valence-corrected chi connectivity index (χ4v) is 1.93. The van der Waals surface area contributed by atoms with Gasteiger partial charge in [0.05, 0.1) is 12.1 Å². The maximum Gasteiger partial charge on any atom is 0.244 e. The highest BCUT2D eigenvalue weighted by Crippen LogP contribution is 2.14. The van der Waals surface area contributed by atoms with Crippen molar-refractivity contribution >= 4 is 12.0 Å². The Bertz CT molecular complexity index is 440. The molecule has 3 nitrogen and oxygen atoms in total. The molecule has 1 aromatic rings. The third-order valence-electron chi connectivity index (χ3n) is 3.65. The number of hydrogen-bond donors (Lipinski definition) is 2. The molecule has 0 bridgehead atoms. The second kappa shape index (κ2) is 7.10. The van der Waals surface area contributed by atoms with Gasteiger partial charge in [-0.3, -0.25) is 4.79 Å². The van der Waals surface area contributed by atoms with Crippen molar-refractivity contribution in [1.29, 1.82) is 0 Å². The van der Waals surface area contributed by atoms with E-state index >= 15 is 0 Å². The standard InChI is InChI=1S/C16H23NO2/c1-4-16(5-2,12-18)17-15(19)11-10-14-9-7-6-8-13(14)3/h6-11,18H,4-5,12H2,1-3H3,(H,17,19). The number of hydrogen-bond acceptors (Lipinski definition) is 2. The molecule has 1 rings (SSSR count). The normalized spacial score (nSPS) is 11.8. The van der Waals surface area contributed by atoms with Crippen molar-refractivity contribution in [3.05, 3.63) is 41.5 Å². The lowest BCUT2D eigenvalue weighted by atomic mass is 9.94. The van der Waals surface area contributed by atoms with Crippen LogP contribution < -0.4 is 5.32 Å². The molecule has 0 radical (unpaired) electrons. The maximum atomic E-state index is 11.9. The summed E-state index contributed by atoms with van der Waals surface area (Å²) in [5.74, 6) is -0.166. The summed E-state index contributed by atoms with van der Waals surface area (Å²) in [6, 6.07) is 7.89. The molecule has 0 spiro atoms. The first-order valence-corrected chi connectivity index (χ1v) is 6.73. The van der Waals surface area contributed by atoms with E-state index in [-0.39, 0.29) is 12.5 Å². The Kier molecular flexibility index (Phi) is 5.77. The van der Waals surface area contributed by atoms with Gasteiger partial charge in [-0.05, 0) is 37.0 Å². The van der Waals surface area contributed by atoms with Crippen LogP contribution in [0.25, 0.3) is 6.08 Å². The van der Waals surface area contributed by atoms with Gasteiger partial charge in [0.1, 0.15) is 0 Å². The lowest BCUT2D eigenvalue weighted by molar-refractivity contribution is -0.119. The lowest BCUT2D eigenvalue weighted by Gasteiger charge is -2.30. The van der Waals surface area contributed by atoms with Crippen LogP contribution in [0.15, 0.2) is 30.3 Å². The van der Waals surface area contributed by atoms with Crippen molar-refractivity contribution in [2.24, 2.45) is 0 Å². The lowest BCUT2D eigenvalue weighted by Crippen LogP contribution is -2.49. The van der Waals surface area contributed by atoms with E-state index in [1.807, 2.05) is 45.0 Å². The summed E-state index contributed by atoms with van der Waals surface area (Å²) >= 11 is 0.